The van der Waals surface area contributed by atoms with Crippen molar-refractivity contribution >= 4 is 123 Å². The molecule has 16 rings (SSSR count). The second kappa shape index (κ2) is 46.6. The minimum absolute atomic E-state index is 0. The zero-order valence-electron chi connectivity index (χ0n) is 68.8. The number of piperidine rings is 2. The van der Waals surface area contributed by atoms with E-state index in [1.54, 1.807) is 34.1 Å². The Morgan fingerprint density at radius 3 is 0.608 bits per heavy atom. The predicted octanol–water partition coefficient (Wildman–Crippen LogP) is 20.2. The van der Waals surface area contributed by atoms with Crippen LogP contribution in [0.4, 0.5) is 9.59 Å². The fraction of sp³-hybridized carbons (Fsp3) is 0.171. The molecule has 15 heteroatoms. The molecule has 612 valence electrons. The summed E-state index contributed by atoms with van der Waals surface area (Å²) in [5.74, 6) is 0. The molecule has 2 aliphatic heterocycles. The number of carbonyl (C=O) groups excluding carboxylic acids is 2. The number of hydrogen-bond donors (Lipinski definition) is 2. The van der Waals surface area contributed by atoms with Crippen molar-refractivity contribution in [2.24, 2.45) is 0 Å². The largest absolute Gasteiger partial charge is 0.444 e. The van der Waals surface area contributed by atoms with E-state index in [-0.39, 0.29) is 32.6 Å². The summed E-state index contributed by atoms with van der Waals surface area (Å²) in [4.78, 5) is 27.3. The Morgan fingerprint density at radius 2 is 0.458 bits per heavy atom. The van der Waals surface area contributed by atoms with Gasteiger partial charge in [-0.2, -0.15) is 5.26 Å². The second-order valence-electron chi connectivity index (χ2n) is 30.6. The van der Waals surface area contributed by atoms with E-state index in [4.69, 9.17) is 14.7 Å². The molecule has 2 fully saturated rings. The summed E-state index contributed by atoms with van der Waals surface area (Å²) in [7, 11) is -1.78. The van der Waals surface area contributed by atoms with Crippen molar-refractivity contribution in [3.63, 3.8) is 0 Å². The third-order valence-electron chi connectivity index (χ3n) is 19.6. The van der Waals surface area contributed by atoms with Gasteiger partial charge in [-0.15, -0.1) is 0 Å². The number of ether oxygens (including phenoxy) is 2. The molecule has 2 aliphatic rings. The van der Waals surface area contributed by atoms with Crippen LogP contribution < -0.4 is 63.7 Å². The fourth-order valence-electron chi connectivity index (χ4n) is 13.7. The van der Waals surface area contributed by atoms with Crippen LogP contribution in [0.25, 0.3) is 0 Å². The number of amides is 2. The van der Waals surface area contributed by atoms with Gasteiger partial charge < -0.3 is 29.5 Å². The number of rotatable bonds is 14. The molecule has 0 saturated carbocycles. The molecule has 14 aromatic carbocycles. The van der Waals surface area contributed by atoms with Gasteiger partial charge in [-0.05, 0) is 198 Å². The maximum Gasteiger partial charge on any atom is 0.410 e. The van der Waals surface area contributed by atoms with Gasteiger partial charge in [-0.1, -0.05) is 404 Å². The predicted molar refractivity (Wildman–Crippen MR) is 508 cm³/mol. The summed E-state index contributed by atoms with van der Waals surface area (Å²) in [6.07, 6.45) is 1.31. The Balaban J connectivity index is 0.000000151. The van der Waals surface area contributed by atoms with Gasteiger partial charge in [0.05, 0.1) is 22.8 Å². The van der Waals surface area contributed by atoms with Gasteiger partial charge in [0.15, 0.2) is 0 Å². The van der Waals surface area contributed by atoms with Gasteiger partial charge in [0.25, 0.3) is 0 Å². The molecule has 2 saturated heterocycles. The Bertz CT molecular complexity index is 4470. The number of nitrogens with zero attached hydrogens (tertiary/aromatic N) is 3. The van der Waals surface area contributed by atoms with Gasteiger partial charge in [0.2, 0.25) is 0 Å². The Kier molecular flexibility index (Phi) is 35.8. The van der Waals surface area contributed by atoms with Crippen molar-refractivity contribution in [2.45, 2.75) is 89.6 Å². The van der Waals surface area contributed by atoms with E-state index in [0.29, 0.717) is 57.4 Å². The average Bonchev–Trinajstić information content (AvgIpc) is 0.831. The van der Waals surface area contributed by atoms with Gasteiger partial charge in [-0.3, -0.25) is 0 Å². The molecule has 2 N–H and O–H groups in total. The van der Waals surface area contributed by atoms with Crippen LogP contribution in [0.1, 0.15) is 83.9 Å². The quantitative estimate of drug-likeness (QED) is 0.0821. The Morgan fingerprint density at radius 1 is 0.300 bits per heavy atom. The standard InChI is InChI=1S/4C18H15P.C17H22N2O3.C16H22BrNO3.Pd/c4*1-4-10-16(11-5-1)19(17-12-6-2-7-13-17)18-14-8-3-9-15-18;1-16(2,3)22-15(20)19-10-8-17(21,9-11-19)14-6-4-13(12-18)5-7-14;1-15(2,3)21-14(19)18-10-8-16(20,9-11-18)12-4-6-13(17)7-5-12;/h4*1-15H;4-7,21H,8-11H2,1-3H3;4-7,20H,8-11H2,1-3H3;. The van der Waals surface area contributed by atoms with Crippen LogP contribution in [0.5, 0.6) is 0 Å². The molecule has 120 heavy (non-hydrogen) atoms. The number of likely N-dealkylation sites (tertiary alicyclic amines) is 2. The van der Waals surface area contributed by atoms with Gasteiger partial charge in [0.1, 0.15) is 11.2 Å². The fourth-order valence-corrected chi connectivity index (χ4v) is 23.2. The summed E-state index contributed by atoms with van der Waals surface area (Å²) < 4.78 is 11.7. The van der Waals surface area contributed by atoms with Crippen molar-refractivity contribution in [3.05, 3.63) is 434 Å². The first kappa shape index (κ1) is 92.2. The molecular weight excluding hydrogens is 1710 g/mol. The smallest absolute Gasteiger partial charge is 0.410 e. The minimum atomic E-state index is -0.952. The van der Waals surface area contributed by atoms with E-state index >= 15 is 0 Å². The van der Waals surface area contributed by atoms with E-state index in [1.165, 1.54) is 63.7 Å². The molecule has 2 heterocycles. The monoisotopic (exact) mass is 1810 g/mol. The number of benzene rings is 14. The molecule has 14 aromatic rings. The van der Waals surface area contributed by atoms with Gasteiger partial charge >= 0.3 is 12.2 Å². The molecule has 0 unspecified atom stereocenters. The molecule has 0 spiro atoms. The third kappa shape index (κ3) is 28.0. The Labute approximate surface area is 738 Å². The van der Waals surface area contributed by atoms with Crippen molar-refractivity contribution in [1.29, 1.82) is 5.26 Å². The third-order valence-corrected chi connectivity index (χ3v) is 29.9. The van der Waals surface area contributed by atoms with Crippen LogP contribution in [-0.2, 0) is 41.1 Å². The number of halogens is 1. The SMILES string of the molecule is CC(C)(C)OC(=O)N1CCC(O)(c2ccc(Br)cc2)CC1.CC(C)(C)OC(=O)N1CCC(O)(c2ccc(C#N)cc2)CC1.[Pd].c1ccc(P(c2ccccc2)c2ccccc2)cc1.c1ccc(P(c2ccccc2)c2ccccc2)cc1.c1ccc(P(c2ccccc2)c2ccccc2)cc1.c1ccc(P(c2ccccc2)c2ccccc2)cc1. The average molecular weight is 1810 g/mol. The Hall–Kier alpha value is -10.1. The molecule has 9 nitrogen and oxygen atoms in total. The molecule has 0 aliphatic carbocycles. The summed E-state index contributed by atoms with van der Waals surface area (Å²) in [6, 6.07) is 146. The number of carbonyl (C=O) groups is 2. The maximum absolute atomic E-state index is 12.0. The van der Waals surface area contributed by atoms with Crippen LogP contribution in [0, 0.1) is 11.3 Å². The van der Waals surface area contributed by atoms with Crippen molar-refractivity contribution in [2.75, 3.05) is 26.2 Å². The van der Waals surface area contributed by atoms with Gasteiger partial charge in [0, 0.05) is 51.1 Å². The normalized spacial score (nSPS) is 13.2. The molecule has 0 bridgehead atoms. The van der Waals surface area contributed by atoms with Crippen LogP contribution in [0.3, 0.4) is 0 Å². The zero-order valence-corrected chi connectivity index (χ0v) is 75.5. The van der Waals surface area contributed by atoms with Crippen molar-refractivity contribution < 1.29 is 49.7 Å². The second-order valence-corrected chi connectivity index (χ2v) is 40.4. The molecule has 0 atom stereocenters. The summed E-state index contributed by atoms with van der Waals surface area (Å²) in [6.45, 7) is 13.0. The van der Waals surface area contributed by atoms with E-state index < -0.39 is 54.1 Å². The topological polar surface area (TPSA) is 123 Å². The molecule has 0 aromatic heterocycles. The van der Waals surface area contributed by atoms with Crippen LogP contribution in [0.2, 0.25) is 0 Å². The summed E-state index contributed by atoms with van der Waals surface area (Å²) in [5, 5.41) is 47.1. The number of aliphatic hydroxyl groups is 2. The molecular formula is C105H104BrN3O6P4Pd. The van der Waals surface area contributed by atoms with Gasteiger partial charge in [-0.25, -0.2) is 9.59 Å². The van der Waals surface area contributed by atoms with E-state index in [9.17, 15) is 19.8 Å². The first-order valence-electron chi connectivity index (χ1n) is 40.2. The molecule has 0 radical (unpaired) electrons. The van der Waals surface area contributed by atoms with E-state index in [2.05, 4.69) is 386 Å². The number of hydrogen-bond acceptors (Lipinski definition) is 7. The van der Waals surface area contributed by atoms with Crippen LogP contribution in [-0.4, -0.2) is 69.6 Å². The first-order chi connectivity index (χ1) is 57.7. The van der Waals surface area contributed by atoms with Crippen molar-refractivity contribution in [1.82, 2.24) is 9.80 Å². The van der Waals surface area contributed by atoms with Crippen molar-refractivity contribution in [3.8, 4) is 6.07 Å². The molecule has 2 amide bonds. The minimum Gasteiger partial charge on any atom is -0.444 e. The van der Waals surface area contributed by atoms with E-state index in [0.717, 1.165) is 15.6 Å². The zero-order chi connectivity index (χ0) is 83.7. The van der Waals surface area contributed by atoms with E-state index in [1.807, 2.05) is 65.8 Å². The summed E-state index contributed by atoms with van der Waals surface area (Å²) in [5.41, 5.74) is -0.566. The maximum atomic E-state index is 12.0. The van der Waals surface area contributed by atoms with Crippen LogP contribution >= 0.6 is 47.6 Å². The number of nitriles is 1. The summed E-state index contributed by atoms with van der Waals surface area (Å²) >= 11 is 3.39. The van der Waals surface area contributed by atoms with Crippen LogP contribution in [0.15, 0.2) is 417 Å². The first-order valence-corrected chi connectivity index (χ1v) is 46.4.